The first-order chi connectivity index (χ1) is 6.70. The van der Waals surface area contributed by atoms with Gasteiger partial charge in [0.15, 0.2) is 0 Å². The normalized spacial score (nSPS) is 10.5. The summed E-state index contributed by atoms with van der Waals surface area (Å²) >= 11 is 9.18. The number of hydrogen-bond donors (Lipinski definition) is 0. The lowest BCUT2D eigenvalue weighted by atomic mass is 10.2. The fraction of sp³-hybridized carbons (Fsp3) is 0.100. The van der Waals surface area contributed by atoms with Crippen LogP contribution < -0.4 is 4.74 Å². The van der Waals surface area contributed by atoms with Gasteiger partial charge in [-0.15, -0.1) is 0 Å². The van der Waals surface area contributed by atoms with Gasteiger partial charge in [-0.25, -0.2) is 4.98 Å². The predicted octanol–water partition coefficient (Wildman–Crippen LogP) is 3.66. The van der Waals surface area contributed by atoms with Crippen LogP contribution in [-0.4, -0.2) is 12.1 Å². The molecule has 0 spiro atoms. The largest absolute Gasteiger partial charge is 0.496 e. The van der Waals surface area contributed by atoms with Crippen LogP contribution in [0.5, 0.6) is 5.75 Å². The first kappa shape index (κ1) is 9.74. The molecule has 4 heteroatoms. The lowest BCUT2D eigenvalue weighted by molar-refractivity contribution is 0.413. The van der Waals surface area contributed by atoms with E-state index in [2.05, 4.69) is 20.9 Å². The van der Waals surface area contributed by atoms with Crippen molar-refractivity contribution >= 4 is 38.4 Å². The van der Waals surface area contributed by atoms with Gasteiger partial charge in [0, 0.05) is 5.39 Å². The molecule has 0 aliphatic heterocycles. The smallest absolute Gasteiger partial charge is 0.133 e. The molecular weight excluding hydrogens is 265 g/mol. The quantitative estimate of drug-likeness (QED) is 0.739. The molecule has 1 heterocycles. The van der Waals surface area contributed by atoms with Crippen molar-refractivity contribution in [2.24, 2.45) is 0 Å². The van der Waals surface area contributed by atoms with Crippen molar-refractivity contribution in [2.45, 2.75) is 0 Å². The predicted molar refractivity (Wildman–Crippen MR) is 61.0 cm³/mol. The third-order valence-corrected chi connectivity index (χ3v) is 2.76. The van der Waals surface area contributed by atoms with E-state index in [1.165, 1.54) is 0 Å². The Morgan fingerprint density at radius 2 is 2.14 bits per heavy atom. The van der Waals surface area contributed by atoms with Crippen molar-refractivity contribution in [2.75, 3.05) is 7.11 Å². The summed E-state index contributed by atoms with van der Waals surface area (Å²) in [6, 6.07) is 7.49. The van der Waals surface area contributed by atoms with Gasteiger partial charge in [0.2, 0.25) is 0 Å². The third-order valence-electron chi connectivity index (χ3n) is 1.93. The highest BCUT2D eigenvalue weighted by Crippen LogP contribution is 2.29. The van der Waals surface area contributed by atoms with Crippen molar-refractivity contribution in [3.05, 3.63) is 33.9 Å². The number of nitrogens with zero attached hydrogens (tertiary/aromatic N) is 1. The van der Waals surface area contributed by atoms with E-state index < -0.39 is 0 Å². The molecule has 2 rings (SSSR count). The van der Waals surface area contributed by atoms with E-state index in [0.29, 0.717) is 5.15 Å². The SMILES string of the molecule is COc1cc2ccc(Cl)nc2cc1Br. The Bertz CT molecular complexity index is 487. The first-order valence-corrected chi connectivity index (χ1v) is 5.17. The number of fused-ring (bicyclic) bond motifs is 1. The van der Waals surface area contributed by atoms with Gasteiger partial charge in [-0.3, -0.25) is 0 Å². The number of aromatic nitrogens is 1. The van der Waals surface area contributed by atoms with Gasteiger partial charge in [0.05, 0.1) is 17.1 Å². The Kier molecular flexibility index (Phi) is 2.61. The van der Waals surface area contributed by atoms with Gasteiger partial charge in [-0.1, -0.05) is 11.6 Å². The maximum atomic E-state index is 5.79. The molecule has 0 unspecified atom stereocenters. The van der Waals surface area contributed by atoms with E-state index in [1.807, 2.05) is 18.2 Å². The van der Waals surface area contributed by atoms with Crippen molar-refractivity contribution in [3.63, 3.8) is 0 Å². The second-order valence-electron chi connectivity index (χ2n) is 2.81. The fourth-order valence-electron chi connectivity index (χ4n) is 1.26. The van der Waals surface area contributed by atoms with E-state index >= 15 is 0 Å². The Morgan fingerprint density at radius 3 is 2.86 bits per heavy atom. The average molecular weight is 273 g/mol. The highest BCUT2D eigenvalue weighted by atomic mass is 79.9. The third kappa shape index (κ3) is 1.70. The van der Waals surface area contributed by atoms with Crippen molar-refractivity contribution in [1.29, 1.82) is 0 Å². The topological polar surface area (TPSA) is 22.1 Å². The number of methoxy groups -OCH3 is 1. The minimum Gasteiger partial charge on any atom is -0.496 e. The molecule has 0 saturated heterocycles. The van der Waals surface area contributed by atoms with Gasteiger partial charge in [-0.2, -0.15) is 0 Å². The van der Waals surface area contributed by atoms with Crippen LogP contribution in [0.3, 0.4) is 0 Å². The highest BCUT2D eigenvalue weighted by Gasteiger charge is 2.03. The van der Waals surface area contributed by atoms with Gasteiger partial charge >= 0.3 is 0 Å². The summed E-state index contributed by atoms with van der Waals surface area (Å²) in [6.45, 7) is 0. The van der Waals surface area contributed by atoms with Crippen molar-refractivity contribution in [3.8, 4) is 5.75 Å². The van der Waals surface area contributed by atoms with Crippen LogP contribution in [0.4, 0.5) is 0 Å². The van der Waals surface area contributed by atoms with Gasteiger partial charge in [0.25, 0.3) is 0 Å². The number of halogens is 2. The molecule has 2 nitrogen and oxygen atoms in total. The molecule has 0 fully saturated rings. The molecule has 2 aromatic rings. The summed E-state index contributed by atoms with van der Waals surface area (Å²) in [7, 11) is 1.63. The average Bonchev–Trinajstić information content (AvgIpc) is 2.16. The zero-order chi connectivity index (χ0) is 10.1. The molecule has 72 valence electrons. The summed E-state index contributed by atoms with van der Waals surface area (Å²) in [4.78, 5) is 4.19. The standard InChI is InChI=1S/C10H7BrClNO/c1-14-9-4-6-2-3-10(12)13-8(6)5-7(9)11/h2-5H,1H3. The summed E-state index contributed by atoms with van der Waals surface area (Å²) in [6.07, 6.45) is 0. The van der Waals surface area contributed by atoms with Crippen LogP contribution in [0.25, 0.3) is 10.9 Å². The Labute approximate surface area is 95.0 Å². The monoisotopic (exact) mass is 271 g/mol. The molecular formula is C10H7BrClNO. The Morgan fingerprint density at radius 1 is 1.36 bits per heavy atom. The van der Waals surface area contributed by atoms with Crippen LogP contribution in [0.2, 0.25) is 5.15 Å². The number of ether oxygens (including phenoxy) is 1. The van der Waals surface area contributed by atoms with Crippen molar-refractivity contribution in [1.82, 2.24) is 4.98 Å². The van der Waals surface area contributed by atoms with Crippen LogP contribution in [-0.2, 0) is 0 Å². The molecule has 0 aliphatic rings. The summed E-state index contributed by atoms with van der Waals surface area (Å²) in [5.41, 5.74) is 0.852. The molecule has 0 amide bonds. The first-order valence-electron chi connectivity index (χ1n) is 4.00. The number of rotatable bonds is 1. The molecule has 0 atom stereocenters. The Hall–Kier alpha value is -0.800. The lowest BCUT2D eigenvalue weighted by Gasteiger charge is -2.04. The summed E-state index contributed by atoms with van der Waals surface area (Å²) < 4.78 is 6.05. The molecule has 14 heavy (non-hydrogen) atoms. The second-order valence-corrected chi connectivity index (χ2v) is 4.06. The number of pyridine rings is 1. The van der Waals surface area contributed by atoms with Crippen LogP contribution in [0.1, 0.15) is 0 Å². The fourth-order valence-corrected chi connectivity index (χ4v) is 1.90. The maximum absolute atomic E-state index is 5.79. The number of hydrogen-bond acceptors (Lipinski definition) is 2. The van der Waals surface area contributed by atoms with Crippen LogP contribution in [0, 0.1) is 0 Å². The highest BCUT2D eigenvalue weighted by molar-refractivity contribution is 9.10. The zero-order valence-electron chi connectivity index (χ0n) is 7.42. The molecule has 1 aromatic carbocycles. The van der Waals surface area contributed by atoms with Gasteiger partial charge < -0.3 is 4.74 Å². The summed E-state index contributed by atoms with van der Waals surface area (Å²) in [5, 5.41) is 1.50. The molecule has 0 saturated carbocycles. The van der Waals surface area contributed by atoms with Crippen LogP contribution >= 0.6 is 27.5 Å². The lowest BCUT2D eigenvalue weighted by Crippen LogP contribution is -1.86. The molecule has 0 bridgehead atoms. The van der Waals surface area contributed by atoms with Gasteiger partial charge in [0.1, 0.15) is 10.9 Å². The maximum Gasteiger partial charge on any atom is 0.133 e. The minimum atomic E-state index is 0.495. The molecule has 0 radical (unpaired) electrons. The van der Waals surface area contributed by atoms with E-state index in [9.17, 15) is 0 Å². The zero-order valence-corrected chi connectivity index (χ0v) is 9.76. The molecule has 0 N–H and O–H groups in total. The minimum absolute atomic E-state index is 0.495. The summed E-state index contributed by atoms with van der Waals surface area (Å²) in [5.74, 6) is 0.793. The van der Waals surface area contributed by atoms with Crippen LogP contribution in [0.15, 0.2) is 28.7 Å². The van der Waals surface area contributed by atoms with Crippen molar-refractivity contribution < 1.29 is 4.74 Å². The second kappa shape index (κ2) is 3.75. The van der Waals surface area contributed by atoms with E-state index in [1.54, 1.807) is 13.2 Å². The van der Waals surface area contributed by atoms with E-state index in [0.717, 1.165) is 21.1 Å². The molecule has 0 aliphatic carbocycles. The van der Waals surface area contributed by atoms with E-state index in [4.69, 9.17) is 16.3 Å². The molecule has 1 aromatic heterocycles. The number of benzene rings is 1. The van der Waals surface area contributed by atoms with Gasteiger partial charge in [-0.05, 0) is 40.2 Å². The Balaban J connectivity index is 2.73. The van der Waals surface area contributed by atoms with E-state index in [-0.39, 0.29) is 0 Å².